The monoisotopic (exact) mass is 255 g/mol. The van der Waals surface area contributed by atoms with E-state index in [9.17, 15) is 0 Å². The lowest BCUT2D eigenvalue weighted by atomic mass is 10.1. The Labute approximate surface area is 109 Å². The van der Waals surface area contributed by atoms with E-state index in [4.69, 9.17) is 22.1 Å². The van der Waals surface area contributed by atoms with Crippen molar-refractivity contribution in [3.8, 4) is 5.75 Å². The molecular weight excluding hydrogens is 234 g/mol. The molecule has 0 aromatic heterocycles. The lowest BCUT2D eigenvalue weighted by Crippen LogP contribution is -2.03. The average Bonchev–Trinajstić information content (AvgIpc) is 2.34. The Hall–Kier alpha value is -0.730. The van der Waals surface area contributed by atoms with Crippen molar-refractivity contribution in [1.82, 2.24) is 0 Å². The highest BCUT2D eigenvalue weighted by Crippen LogP contribution is 2.23. The molecule has 0 saturated heterocycles. The maximum atomic E-state index is 5.93. The molecule has 0 aliphatic carbocycles. The molecule has 0 unspecified atom stereocenters. The molecule has 0 fully saturated rings. The van der Waals surface area contributed by atoms with E-state index in [1.54, 1.807) is 0 Å². The number of halogens is 1. The second-order valence-corrected chi connectivity index (χ2v) is 4.66. The fraction of sp³-hybridized carbons (Fsp3) is 0.571. The van der Waals surface area contributed by atoms with Crippen LogP contribution in [0.1, 0.15) is 44.6 Å². The molecule has 1 rings (SSSR count). The summed E-state index contributed by atoms with van der Waals surface area (Å²) in [4.78, 5) is 0. The zero-order valence-electron chi connectivity index (χ0n) is 10.5. The van der Waals surface area contributed by atoms with Gasteiger partial charge in [-0.3, -0.25) is 0 Å². The van der Waals surface area contributed by atoms with E-state index in [-0.39, 0.29) is 0 Å². The second kappa shape index (κ2) is 8.37. The molecule has 0 heterocycles. The van der Waals surface area contributed by atoms with Crippen LogP contribution in [0.15, 0.2) is 18.2 Å². The van der Waals surface area contributed by atoms with E-state index in [0.717, 1.165) is 24.3 Å². The summed E-state index contributed by atoms with van der Waals surface area (Å²) in [6.07, 6.45) is 6.19. The van der Waals surface area contributed by atoms with Gasteiger partial charge in [0.1, 0.15) is 5.75 Å². The Morgan fingerprint density at radius 2 is 1.94 bits per heavy atom. The van der Waals surface area contributed by atoms with E-state index in [2.05, 4.69) is 6.92 Å². The molecule has 1 aromatic carbocycles. The second-order valence-electron chi connectivity index (χ2n) is 4.22. The number of unbranched alkanes of at least 4 members (excludes halogenated alkanes) is 4. The Kier molecular flexibility index (Phi) is 7.06. The molecule has 0 aliphatic rings. The summed E-state index contributed by atoms with van der Waals surface area (Å²) in [5.41, 5.74) is 6.66. The van der Waals surface area contributed by atoms with Crippen molar-refractivity contribution < 1.29 is 4.74 Å². The predicted octanol–water partition coefficient (Wildman–Crippen LogP) is 4.15. The SMILES string of the molecule is CCCCCCCOc1cc(Cl)ccc1CN. The van der Waals surface area contributed by atoms with Crippen LogP contribution in [0.3, 0.4) is 0 Å². The molecule has 0 saturated carbocycles. The fourth-order valence-electron chi connectivity index (χ4n) is 1.72. The fourth-order valence-corrected chi connectivity index (χ4v) is 1.88. The molecule has 2 N–H and O–H groups in total. The number of ether oxygens (including phenoxy) is 1. The third-order valence-corrected chi connectivity index (χ3v) is 2.99. The Morgan fingerprint density at radius 1 is 1.18 bits per heavy atom. The minimum absolute atomic E-state index is 0.488. The van der Waals surface area contributed by atoms with Crippen LogP contribution in [-0.4, -0.2) is 6.61 Å². The van der Waals surface area contributed by atoms with Gasteiger partial charge in [0, 0.05) is 17.1 Å². The maximum Gasteiger partial charge on any atom is 0.125 e. The van der Waals surface area contributed by atoms with Gasteiger partial charge in [-0.25, -0.2) is 0 Å². The van der Waals surface area contributed by atoms with E-state index in [0.29, 0.717) is 11.6 Å². The van der Waals surface area contributed by atoms with Crippen molar-refractivity contribution in [3.05, 3.63) is 28.8 Å². The minimum atomic E-state index is 0.488. The van der Waals surface area contributed by atoms with Gasteiger partial charge in [0.2, 0.25) is 0 Å². The molecular formula is C14H22ClNO. The van der Waals surface area contributed by atoms with E-state index < -0.39 is 0 Å². The third-order valence-electron chi connectivity index (χ3n) is 2.75. The topological polar surface area (TPSA) is 35.2 Å². The van der Waals surface area contributed by atoms with Crippen molar-refractivity contribution in [3.63, 3.8) is 0 Å². The van der Waals surface area contributed by atoms with Gasteiger partial charge in [-0.05, 0) is 18.6 Å². The first kappa shape index (κ1) is 14.3. The summed E-state index contributed by atoms with van der Waals surface area (Å²) in [6.45, 7) is 3.45. The van der Waals surface area contributed by atoms with Crippen LogP contribution in [0, 0.1) is 0 Å². The van der Waals surface area contributed by atoms with E-state index in [1.165, 1.54) is 25.7 Å². The van der Waals surface area contributed by atoms with Crippen molar-refractivity contribution in [2.45, 2.75) is 45.6 Å². The zero-order chi connectivity index (χ0) is 12.5. The standard InChI is InChI=1S/C14H22ClNO/c1-2-3-4-5-6-9-17-14-10-13(15)8-7-12(14)11-16/h7-8,10H,2-6,9,11,16H2,1H3. The summed E-state index contributed by atoms with van der Waals surface area (Å²) >= 11 is 5.93. The summed E-state index contributed by atoms with van der Waals surface area (Å²) in [7, 11) is 0. The minimum Gasteiger partial charge on any atom is -0.493 e. The van der Waals surface area contributed by atoms with Gasteiger partial charge < -0.3 is 10.5 Å². The summed E-state index contributed by atoms with van der Waals surface area (Å²) in [5, 5.41) is 0.697. The van der Waals surface area contributed by atoms with Crippen LogP contribution in [0.25, 0.3) is 0 Å². The van der Waals surface area contributed by atoms with Crippen LogP contribution < -0.4 is 10.5 Å². The number of hydrogen-bond donors (Lipinski definition) is 1. The lowest BCUT2D eigenvalue weighted by Gasteiger charge is -2.10. The molecule has 1 aromatic rings. The van der Waals surface area contributed by atoms with Gasteiger partial charge in [-0.15, -0.1) is 0 Å². The molecule has 0 amide bonds. The Bertz CT molecular complexity index is 328. The lowest BCUT2D eigenvalue weighted by molar-refractivity contribution is 0.301. The first-order chi connectivity index (χ1) is 8.27. The average molecular weight is 256 g/mol. The molecule has 0 aliphatic heterocycles. The first-order valence-electron chi connectivity index (χ1n) is 6.39. The largest absolute Gasteiger partial charge is 0.493 e. The highest BCUT2D eigenvalue weighted by Gasteiger charge is 2.03. The van der Waals surface area contributed by atoms with Crippen LogP contribution in [0.5, 0.6) is 5.75 Å². The van der Waals surface area contributed by atoms with Crippen LogP contribution >= 0.6 is 11.6 Å². The predicted molar refractivity (Wildman–Crippen MR) is 73.6 cm³/mol. The molecule has 17 heavy (non-hydrogen) atoms. The van der Waals surface area contributed by atoms with Gasteiger partial charge in [0.15, 0.2) is 0 Å². The molecule has 3 heteroatoms. The highest BCUT2D eigenvalue weighted by atomic mass is 35.5. The van der Waals surface area contributed by atoms with Gasteiger partial charge in [-0.1, -0.05) is 50.3 Å². The van der Waals surface area contributed by atoms with Crippen LogP contribution in [0.4, 0.5) is 0 Å². The van der Waals surface area contributed by atoms with Gasteiger partial charge in [0.05, 0.1) is 6.61 Å². The summed E-state index contributed by atoms with van der Waals surface area (Å²) < 4.78 is 5.72. The Morgan fingerprint density at radius 3 is 2.65 bits per heavy atom. The molecule has 0 bridgehead atoms. The highest BCUT2D eigenvalue weighted by molar-refractivity contribution is 6.30. The molecule has 0 spiro atoms. The third kappa shape index (κ3) is 5.42. The van der Waals surface area contributed by atoms with Gasteiger partial charge in [0.25, 0.3) is 0 Å². The molecule has 0 radical (unpaired) electrons. The Balaban J connectivity index is 2.32. The quantitative estimate of drug-likeness (QED) is 0.709. The summed E-state index contributed by atoms with van der Waals surface area (Å²) in [6, 6.07) is 5.61. The van der Waals surface area contributed by atoms with Crippen molar-refractivity contribution in [2.75, 3.05) is 6.61 Å². The number of benzene rings is 1. The zero-order valence-corrected chi connectivity index (χ0v) is 11.3. The van der Waals surface area contributed by atoms with Gasteiger partial charge in [-0.2, -0.15) is 0 Å². The van der Waals surface area contributed by atoms with Crippen LogP contribution in [0.2, 0.25) is 5.02 Å². The molecule has 0 atom stereocenters. The first-order valence-corrected chi connectivity index (χ1v) is 6.77. The number of nitrogens with two attached hydrogens (primary N) is 1. The van der Waals surface area contributed by atoms with Gasteiger partial charge >= 0.3 is 0 Å². The molecule has 2 nitrogen and oxygen atoms in total. The maximum absolute atomic E-state index is 5.93. The van der Waals surface area contributed by atoms with Crippen molar-refractivity contribution >= 4 is 11.6 Å². The number of hydrogen-bond acceptors (Lipinski definition) is 2. The van der Waals surface area contributed by atoms with E-state index in [1.807, 2.05) is 18.2 Å². The molecule has 96 valence electrons. The smallest absolute Gasteiger partial charge is 0.125 e. The van der Waals surface area contributed by atoms with Crippen LogP contribution in [-0.2, 0) is 6.54 Å². The van der Waals surface area contributed by atoms with Crippen molar-refractivity contribution in [1.29, 1.82) is 0 Å². The summed E-state index contributed by atoms with van der Waals surface area (Å²) in [5.74, 6) is 0.829. The number of rotatable bonds is 8. The normalized spacial score (nSPS) is 10.5. The van der Waals surface area contributed by atoms with Crippen molar-refractivity contribution in [2.24, 2.45) is 5.73 Å². The van der Waals surface area contributed by atoms with E-state index >= 15 is 0 Å².